The topological polar surface area (TPSA) is 90.9 Å². The summed E-state index contributed by atoms with van der Waals surface area (Å²) in [6, 6.07) is 4.23. The minimum atomic E-state index is -5.81. The van der Waals surface area contributed by atoms with E-state index in [0.717, 1.165) is 6.07 Å². The average Bonchev–Trinajstić information content (AvgIpc) is 2.52. The summed E-state index contributed by atoms with van der Waals surface area (Å²) in [5, 5.41) is 2.53. The zero-order valence-corrected chi connectivity index (χ0v) is 16.4. The highest BCUT2D eigenvalue weighted by Crippen LogP contribution is 2.38. The third-order valence-corrected chi connectivity index (χ3v) is 4.69. The predicted octanol–water partition coefficient (Wildman–Crippen LogP) is 3.44. The number of amides is 1. The zero-order chi connectivity index (χ0) is 21.2. The minimum absolute atomic E-state index is 0.110. The van der Waals surface area contributed by atoms with Gasteiger partial charge in [0.2, 0.25) is 0 Å². The molecule has 0 saturated carbocycles. The van der Waals surface area contributed by atoms with Crippen LogP contribution < -0.4 is 9.50 Å². The number of alkyl halides is 3. The fourth-order valence-electron chi connectivity index (χ4n) is 2.65. The van der Waals surface area contributed by atoms with Crippen molar-refractivity contribution in [3.63, 3.8) is 0 Å². The molecule has 1 atom stereocenters. The Morgan fingerprint density at radius 3 is 2.57 bits per heavy atom. The van der Waals surface area contributed by atoms with Crippen LogP contribution in [0.5, 0.6) is 5.75 Å². The average molecular weight is 425 g/mol. The first-order valence-corrected chi connectivity index (χ1v) is 9.92. The summed E-state index contributed by atoms with van der Waals surface area (Å²) in [6.45, 7) is 5.53. The number of carbonyl (C=O) groups excluding carboxylic acids is 1. The molecule has 0 radical (unpaired) electrons. The Kier molecular flexibility index (Phi) is 6.49. The molecule has 1 aromatic rings. The van der Waals surface area contributed by atoms with Gasteiger partial charge in [0.1, 0.15) is 11.4 Å². The van der Waals surface area contributed by atoms with E-state index in [-0.39, 0.29) is 18.5 Å². The van der Waals surface area contributed by atoms with Crippen molar-refractivity contribution < 1.29 is 40.0 Å². The number of benzene rings is 1. The molecule has 0 bridgehead atoms. The molecule has 1 amide bonds. The summed E-state index contributed by atoms with van der Waals surface area (Å²) in [7, 11) is -5.81. The molecule has 28 heavy (non-hydrogen) atoms. The Morgan fingerprint density at radius 1 is 1.29 bits per heavy atom. The van der Waals surface area contributed by atoms with E-state index in [2.05, 4.69) is 9.50 Å². The number of hydrogen-bond donors (Lipinski definition) is 1. The molecule has 0 saturated heterocycles. The number of alkyl carbamates (subject to hydrolysis) is 1. The molecule has 7 nitrogen and oxygen atoms in total. The van der Waals surface area contributed by atoms with Crippen molar-refractivity contribution in [2.24, 2.45) is 0 Å². The van der Waals surface area contributed by atoms with Crippen LogP contribution in [0, 0.1) is 0 Å². The molecule has 1 aliphatic heterocycles. The van der Waals surface area contributed by atoms with Crippen molar-refractivity contribution in [1.82, 2.24) is 5.32 Å². The van der Waals surface area contributed by atoms with E-state index in [1.165, 1.54) is 6.07 Å². The second-order valence-electron chi connectivity index (χ2n) is 7.14. The van der Waals surface area contributed by atoms with E-state index in [1.54, 1.807) is 26.8 Å². The SMILES string of the molecule is CC(C)(C)OC(=O)NCCC1OCCc2cccc(OS(=O)(=O)C(F)(F)F)c21. The maximum absolute atomic E-state index is 12.7. The largest absolute Gasteiger partial charge is 0.534 e. The van der Waals surface area contributed by atoms with Gasteiger partial charge >= 0.3 is 21.7 Å². The van der Waals surface area contributed by atoms with Gasteiger partial charge in [-0.05, 0) is 45.2 Å². The molecule has 1 N–H and O–H groups in total. The van der Waals surface area contributed by atoms with Gasteiger partial charge in [-0.2, -0.15) is 21.6 Å². The first-order chi connectivity index (χ1) is 12.8. The standard InChI is InChI=1S/C17H22F3NO6S/c1-16(2,3)26-15(22)21-9-7-12-14-11(8-10-25-12)5-4-6-13(14)27-28(23,24)17(18,19)20/h4-6,12H,7-10H2,1-3H3,(H,21,22). The van der Waals surface area contributed by atoms with Crippen LogP contribution in [-0.4, -0.2) is 38.8 Å². The molecule has 1 heterocycles. The molecule has 2 rings (SSSR count). The number of hydrogen-bond acceptors (Lipinski definition) is 6. The summed E-state index contributed by atoms with van der Waals surface area (Å²) in [6.07, 6.45) is -0.793. The van der Waals surface area contributed by atoms with Crippen LogP contribution in [0.3, 0.4) is 0 Å². The van der Waals surface area contributed by atoms with Gasteiger partial charge in [0.25, 0.3) is 0 Å². The van der Waals surface area contributed by atoms with Gasteiger partial charge < -0.3 is 19.0 Å². The van der Waals surface area contributed by atoms with Crippen molar-refractivity contribution >= 4 is 16.2 Å². The number of fused-ring (bicyclic) bond motifs is 1. The van der Waals surface area contributed by atoms with Gasteiger partial charge in [0.15, 0.2) is 0 Å². The van der Waals surface area contributed by atoms with Crippen LogP contribution in [0.25, 0.3) is 0 Å². The van der Waals surface area contributed by atoms with Crippen molar-refractivity contribution in [2.45, 2.75) is 50.8 Å². The normalized spacial score (nSPS) is 17.6. The number of carbonyl (C=O) groups is 1. The Labute approximate surface area is 161 Å². The summed E-state index contributed by atoms with van der Waals surface area (Å²) in [4.78, 5) is 11.7. The van der Waals surface area contributed by atoms with Gasteiger partial charge in [-0.3, -0.25) is 0 Å². The van der Waals surface area contributed by atoms with E-state index in [4.69, 9.17) is 9.47 Å². The van der Waals surface area contributed by atoms with Crippen molar-refractivity contribution in [1.29, 1.82) is 0 Å². The monoisotopic (exact) mass is 425 g/mol. The fourth-order valence-corrected chi connectivity index (χ4v) is 3.13. The highest BCUT2D eigenvalue weighted by atomic mass is 32.2. The van der Waals surface area contributed by atoms with E-state index >= 15 is 0 Å². The van der Waals surface area contributed by atoms with E-state index in [1.807, 2.05) is 0 Å². The van der Waals surface area contributed by atoms with Gasteiger partial charge in [0, 0.05) is 12.1 Å². The first-order valence-electron chi connectivity index (χ1n) is 8.51. The van der Waals surface area contributed by atoms with E-state index in [9.17, 15) is 26.4 Å². The number of ether oxygens (including phenoxy) is 2. The van der Waals surface area contributed by atoms with E-state index < -0.39 is 39.2 Å². The lowest BCUT2D eigenvalue weighted by Gasteiger charge is -2.28. The van der Waals surface area contributed by atoms with Crippen LogP contribution in [0.1, 0.15) is 44.4 Å². The highest BCUT2D eigenvalue weighted by molar-refractivity contribution is 7.88. The van der Waals surface area contributed by atoms with Crippen LogP contribution in [0.15, 0.2) is 18.2 Å². The number of nitrogens with one attached hydrogen (secondary N) is 1. The van der Waals surface area contributed by atoms with Crippen LogP contribution in [-0.2, 0) is 26.0 Å². The van der Waals surface area contributed by atoms with E-state index in [0.29, 0.717) is 18.6 Å². The number of halogens is 3. The summed E-state index contributed by atoms with van der Waals surface area (Å²) in [5.74, 6) is -0.434. The quantitative estimate of drug-likeness (QED) is 0.574. The Hall–Kier alpha value is -2.01. The Balaban J connectivity index is 2.15. The maximum Gasteiger partial charge on any atom is 0.534 e. The molecule has 1 unspecified atom stereocenters. The van der Waals surface area contributed by atoms with Gasteiger partial charge in [0.05, 0.1) is 12.7 Å². The van der Waals surface area contributed by atoms with Crippen molar-refractivity contribution in [2.75, 3.05) is 13.2 Å². The second-order valence-corrected chi connectivity index (χ2v) is 8.68. The van der Waals surface area contributed by atoms with Crippen LogP contribution in [0.4, 0.5) is 18.0 Å². The summed E-state index contributed by atoms with van der Waals surface area (Å²) >= 11 is 0. The molecular formula is C17H22F3NO6S. The molecule has 0 fully saturated rings. The molecular weight excluding hydrogens is 403 g/mol. The Bertz CT molecular complexity index is 817. The van der Waals surface area contributed by atoms with Crippen LogP contribution in [0.2, 0.25) is 0 Å². The lowest BCUT2D eigenvalue weighted by Crippen LogP contribution is -2.34. The predicted molar refractivity (Wildman–Crippen MR) is 93.3 cm³/mol. The minimum Gasteiger partial charge on any atom is -0.444 e. The smallest absolute Gasteiger partial charge is 0.444 e. The van der Waals surface area contributed by atoms with Crippen molar-refractivity contribution in [3.05, 3.63) is 29.3 Å². The van der Waals surface area contributed by atoms with Gasteiger partial charge in [-0.15, -0.1) is 0 Å². The molecule has 0 aromatic heterocycles. The zero-order valence-electron chi connectivity index (χ0n) is 15.6. The summed E-state index contributed by atoms with van der Waals surface area (Å²) in [5.41, 5.74) is -5.36. The second kappa shape index (κ2) is 8.16. The van der Waals surface area contributed by atoms with Crippen LogP contribution >= 0.6 is 0 Å². The highest BCUT2D eigenvalue weighted by Gasteiger charge is 2.49. The van der Waals surface area contributed by atoms with Gasteiger partial charge in [-0.1, -0.05) is 12.1 Å². The Morgan fingerprint density at radius 2 is 1.96 bits per heavy atom. The van der Waals surface area contributed by atoms with Crippen molar-refractivity contribution in [3.8, 4) is 5.75 Å². The fraction of sp³-hybridized carbons (Fsp3) is 0.588. The maximum atomic E-state index is 12.7. The first kappa shape index (κ1) is 22.3. The molecule has 1 aliphatic rings. The lowest BCUT2D eigenvalue weighted by molar-refractivity contribution is -0.0502. The molecule has 158 valence electrons. The molecule has 0 spiro atoms. The molecule has 0 aliphatic carbocycles. The third kappa shape index (κ3) is 5.74. The number of rotatable bonds is 5. The lowest BCUT2D eigenvalue weighted by atomic mass is 9.95. The van der Waals surface area contributed by atoms with Gasteiger partial charge in [-0.25, -0.2) is 4.79 Å². The molecule has 11 heteroatoms. The third-order valence-electron chi connectivity index (χ3n) is 3.73. The molecule has 1 aromatic carbocycles. The summed E-state index contributed by atoms with van der Waals surface area (Å²) < 4.78 is 75.8.